The Balaban J connectivity index is 2.80. The number of carbonyl (C=O) groups excluding carboxylic acids is 2. The molecule has 0 radical (unpaired) electrons. The second-order valence-electron chi connectivity index (χ2n) is 19.8. The summed E-state index contributed by atoms with van der Waals surface area (Å²) in [5.41, 5.74) is 0. The van der Waals surface area contributed by atoms with Gasteiger partial charge in [0.25, 0.3) is 0 Å². The number of ether oxygens (including phenoxy) is 3. The molecule has 0 aromatic carbocycles. The number of rotatable bonds is 47. The molecular weight excluding hydrogens is 943 g/mol. The van der Waals surface area contributed by atoms with E-state index in [0.717, 1.165) is 89.9 Å². The Labute approximate surface area is 455 Å². The fourth-order valence-electron chi connectivity index (χ4n) is 8.33. The van der Waals surface area contributed by atoms with Crippen molar-refractivity contribution in [2.24, 2.45) is 0 Å². The van der Waals surface area contributed by atoms with Crippen LogP contribution in [0.1, 0.15) is 207 Å². The first-order valence-electron chi connectivity index (χ1n) is 29.4. The van der Waals surface area contributed by atoms with Gasteiger partial charge >= 0.3 is 5.97 Å². The number of aliphatic hydroxyl groups is 5. The molecule has 0 aromatic heterocycles. The first-order valence-corrected chi connectivity index (χ1v) is 29.4. The van der Waals surface area contributed by atoms with Gasteiger partial charge in [-0.05, 0) is 83.5 Å². The van der Waals surface area contributed by atoms with Gasteiger partial charge in [-0.2, -0.15) is 0 Å². The fourth-order valence-corrected chi connectivity index (χ4v) is 8.33. The van der Waals surface area contributed by atoms with Crippen LogP contribution < -0.4 is 5.32 Å². The van der Waals surface area contributed by atoms with Crippen molar-refractivity contribution in [2.45, 2.75) is 256 Å². The van der Waals surface area contributed by atoms with E-state index in [1.54, 1.807) is 6.08 Å². The molecule has 1 amide bonds. The third kappa shape index (κ3) is 39.1. The molecule has 0 aliphatic carbocycles. The Bertz CT molecular complexity index is 1680. The highest BCUT2D eigenvalue weighted by atomic mass is 16.7. The Hall–Kier alpha value is -3.94. The first-order chi connectivity index (χ1) is 36.7. The van der Waals surface area contributed by atoms with Crippen LogP contribution in [0.4, 0.5) is 0 Å². The number of esters is 1. The number of hydrogen-bond acceptors (Lipinski definition) is 10. The highest BCUT2D eigenvalue weighted by Crippen LogP contribution is 2.26. The minimum Gasteiger partial charge on any atom is -0.454 e. The summed E-state index contributed by atoms with van der Waals surface area (Å²) in [6.45, 7) is 5.55. The Morgan fingerprint density at radius 2 is 1.01 bits per heavy atom. The summed E-state index contributed by atoms with van der Waals surface area (Å²) in [4.78, 5) is 26.5. The second-order valence-corrected chi connectivity index (χ2v) is 19.8. The zero-order valence-corrected chi connectivity index (χ0v) is 46.9. The summed E-state index contributed by atoms with van der Waals surface area (Å²) in [6.07, 6.45) is 59.4. The zero-order chi connectivity index (χ0) is 54.7. The molecule has 426 valence electrons. The third-order valence-corrected chi connectivity index (χ3v) is 13.0. The van der Waals surface area contributed by atoms with E-state index in [1.807, 2.05) is 66.8 Å². The van der Waals surface area contributed by atoms with Gasteiger partial charge in [0.15, 0.2) is 12.4 Å². The average molecular weight is 1050 g/mol. The molecule has 11 nitrogen and oxygen atoms in total. The van der Waals surface area contributed by atoms with E-state index in [0.29, 0.717) is 12.8 Å². The first kappa shape index (κ1) is 69.1. The van der Waals surface area contributed by atoms with Crippen LogP contribution in [0.25, 0.3) is 0 Å². The number of amides is 1. The van der Waals surface area contributed by atoms with E-state index in [-0.39, 0.29) is 19.4 Å². The molecule has 0 bridgehead atoms. The molecule has 6 N–H and O–H groups in total. The average Bonchev–Trinajstić information content (AvgIpc) is 3.41. The summed E-state index contributed by atoms with van der Waals surface area (Å²) >= 11 is 0. The maximum Gasteiger partial charge on any atom is 0.306 e. The van der Waals surface area contributed by atoms with Gasteiger partial charge in [-0.3, -0.25) is 9.59 Å². The van der Waals surface area contributed by atoms with E-state index < -0.39 is 67.4 Å². The maximum atomic E-state index is 13.4. The minimum atomic E-state index is -1.64. The van der Waals surface area contributed by atoms with Crippen LogP contribution in [0.2, 0.25) is 0 Å². The second kappa shape index (κ2) is 50.9. The standard InChI is InChI=1S/C64H105NO10/c1-4-7-10-13-16-19-22-25-27-29-31-34-37-40-43-46-49-52-59(69)75-62-61(71)60(70)58(53-66)74-64(62)73-54-55(56(67)50-47-44-41-38-35-32-24-21-18-15-12-9-6-3)65-63(72)57(68)51-48-45-42-39-36-33-30-28-26-23-20-17-14-11-8-5-2/h7,10,13,16-17,19-20,22,25-29,31,33-34,36-37,47,50,55-58,60-62,64,66-68,70-71H,4-6,8-9,11-12,14-15,18,21,23-24,30,32,35,38-46,48-49,51-54H2,1-3H3,(H,65,72)/b10-7-,16-13+,20-17-,22-19+,27-25-,28-26-,31-29+,36-33-,37-34+,50-47+. The van der Waals surface area contributed by atoms with E-state index in [9.17, 15) is 35.1 Å². The molecule has 0 aromatic rings. The highest BCUT2D eigenvalue weighted by molar-refractivity contribution is 5.80. The van der Waals surface area contributed by atoms with Crippen molar-refractivity contribution in [3.05, 3.63) is 122 Å². The number of carbonyl (C=O) groups is 2. The van der Waals surface area contributed by atoms with Crippen LogP contribution in [-0.2, 0) is 23.8 Å². The van der Waals surface area contributed by atoms with Crippen LogP contribution in [-0.4, -0.2) is 99.6 Å². The number of unbranched alkanes of at least 4 members (excludes halogenated alkanes) is 20. The van der Waals surface area contributed by atoms with Crippen LogP contribution in [0.5, 0.6) is 0 Å². The fraction of sp³-hybridized carbons (Fsp3) is 0.656. The van der Waals surface area contributed by atoms with Gasteiger partial charge in [-0.15, -0.1) is 0 Å². The van der Waals surface area contributed by atoms with Crippen molar-refractivity contribution in [3.8, 4) is 0 Å². The summed E-state index contributed by atoms with van der Waals surface area (Å²) in [5.74, 6) is -1.27. The molecule has 0 saturated carbocycles. The number of hydrogen-bond donors (Lipinski definition) is 6. The Morgan fingerprint density at radius 1 is 0.547 bits per heavy atom. The van der Waals surface area contributed by atoms with Gasteiger partial charge in [0.1, 0.15) is 24.4 Å². The molecule has 1 aliphatic rings. The molecule has 11 heteroatoms. The SMILES string of the molecule is CC\C=C/C=C/C=C/C=C\C=C\C=C\CCCCCC(=O)OC1C(OCC(NC(=O)C(O)CCCCC/C=C\C/C=C\C/C=C\CCCCC)C(O)/C=C/CCCCCCCCCCCCC)OC(CO)C(O)C1O. The largest absolute Gasteiger partial charge is 0.454 e. The number of nitrogens with one attached hydrogen (secondary N) is 1. The lowest BCUT2D eigenvalue weighted by Crippen LogP contribution is -2.61. The smallest absolute Gasteiger partial charge is 0.306 e. The Kier molecular flexibility index (Phi) is 46.8. The predicted octanol–water partition coefficient (Wildman–Crippen LogP) is 13.5. The molecule has 1 heterocycles. The highest BCUT2D eigenvalue weighted by Gasteiger charge is 2.47. The van der Waals surface area contributed by atoms with Crippen molar-refractivity contribution in [1.29, 1.82) is 0 Å². The number of allylic oxidation sites excluding steroid dienone is 19. The molecule has 1 rings (SSSR count). The van der Waals surface area contributed by atoms with Crippen molar-refractivity contribution in [2.75, 3.05) is 13.2 Å². The van der Waals surface area contributed by atoms with Gasteiger partial charge in [-0.25, -0.2) is 0 Å². The van der Waals surface area contributed by atoms with Crippen molar-refractivity contribution >= 4 is 11.9 Å². The molecule has 0 spiro atoms. The summed E-state index contributed by atoms with van der Waals surface area (Å²) in [6, 6.07) is -1.05. The molecule has 1 fully saturated rings. The molecule has 8 unspecified atom stereocenters. The predicted molar refractivity (Wildman–Crippen MR) is 310 cm³/mol. The van der Waals surface area contributed by atoms with Crippen LogP contribution >= 0.6 is 0 Å². The van der Waals surface area contributed by atoms with Crippen molar-refractivity contribution in [3.63, 3.8) is 0 Å². The monoisotopic (exact) mass is 1050 g/mol. The van der Waals surface area contributed by atoms with Crippen LogP contribution in [0.3, 0.4) is 0 Å². The van der Waals surface area contributed by atoms with E-state index in [1.165, 1.54) is 70.6 Å². The van der Waals surface area contributed by atoms with Crippen LogP contribution in [0.15, 0.2) is 122 Å². The normalized spacial score (nSPS) is 20.1. The lowest BCUT2D eigenvalue weighted by atomic mass is 9.99. The third-order valence-electron chi connectivity index (χ3n) is 13.0. The van der Waals surface area contributed by atoms with E-state index in [4.69, 9.17) is 14.2 Å². The topological polar surface area (TPSA) is 175 Å². The molecule has 1 saturated heterocycles. The molecule has 75 heavy (non-hydrogen) atoms. The summed E-state index contributed by atoms with van der Waals surface area (Å²) in [7, 11) is 0. The van der Waals surface area contributed by atoms with E-state index in [2.05, 4.69) is 74.7 Å². The molecule has 8 atom stereocenters. The van der Waals surface area contributed by atoms with Gasteiger partial charge in [0.2, 0.25) is 5.91 Å². The van der Waals surface area contributed by atoms with Crippen molar-refractivity contribution < 1.29 is 49.3 Å². The minimum absolute atomic E-state index is 0.0621. The van der Waals surface area contributed by atoms with Gasteiger partial charge in [0.05, 0.1) is 25.4 Å². The lowest BCUT2D eigenvalue weighted by Gasteiger charge is -2.41. The summed E-state index contributed by atoms with van der Waals surface area (Å²) in [5, 5.41) is 56.9. The maximum absolute atomic E-state index is 13.4. The lowest BCUT2D eigenvalue weighted by molar-refractivity contribution is -0.305. The quantitative estimate of drug-likeness (QED) is 0.0149. The van der Waals surface area contributed by atoms with Gasteiger partial charge < -0.3 is 45.1 Å². The van der Waals surface area contributed by atoms with Crippen molar-refractivity contribution in [1.82, 2.24) is 5.32 Å². The zero-order valence-electron chi connectivity index (χ0n) is 46.9. The molecular formula is C64H105NO10. The molecule has 1 aliphatic heterocycles. The Morgan fingerprint density at radius 3 is 1.59 bits per heavy atom. The van der Waals surface area contributed by atoms with Gasteiger partial charge in [-0.1, -0.05) is 239 Å². The van der Waals surface area contributed by atoms with Crippen LogP contribution in [0, 0.1) is 0 Å². The van der Waals surface area contributed by atoms with E-state index >= 15 is 0 Å². The number of aliphatic hydroxyl groups excluding tert-OH is 5. The summed E-state index contributed by atoms with van der Waals surface area (Å²) < 4.78 is 17.5. The van der Waals surface area contributed by atoms with Gasteiger partial charge in [0, 0.05) is 6.42 Å².